The van der Waals surface area contributed by atoms with Gasteiger partial charge >= 0.3 is 0 Å². The van der Waals surface area contributed by atoms with Crippen molar-refractivity contribution >= 4 is 34.2 Å². The lowest BCUT2D eigenvalue weighted by atomic mass is 9.95. The molecule has 4 rings (SSSR count). The minimum absolute atomic E-state index is 0.0902. The number of hydrogen-bond acceptors (Lipinski definition) is 2. The summed E-state index contributed by atoms with van der Waals surface area (Å²) >= 11 is 11.8. The van der Waals surface area contributed by atoms with Crippen LogP contribution in [0, 0.1) is 5.82 Å². The Labute approximate surface area is 125 Å². The highest BCUT2D eigenvalue weighted by molar-refractivity contribution is 6.31. The number of imidazole rings is 1. The molecule has 2 aliphatic heterocycles. The van der Waals surface area contributed by atoms with Crippen LogP contribution in [0.5, 0.6) is 0 Å². The van der Waals surface area contributed by atoms with Crippen LogP contribution in [0.2, 0.25) is 5.02 Å². The van der Waals surface area contributed by atoms with Gasteiger partial charge in [-0.05, 0) is 25.3 Å². The molecule has 0 amide bonds. The van der Waals surface area contributed by atoms with Crippen molar-refractivity contribution in [2.75, 3.05) is 0 Å². The largest absolute Gasteiger partial charge is 0.373 e. The average Bonchev–Trinajstić information content (AvgIpc) is 3.12. The summed E-state index contributed by atoms with van der Waals surface area (Å²) in [6, 6.07) is 3.22. The van der Waals surface area contributed by atoms with Gasteiger partial charge in [0.05, 0.1) is 40.2 Å². The number of fused-ring (bicyclic) bond motifs is 3. The highest BCUT2D eigenvalue weighted by atomic mass is 35.5. The Morgan fingerprint density at radius 2 is 2.25 bits per heavy atom. The van der Waals surface area contributed by atoms with Gasteiger partial charge in [-0.1, -0.05) is 11.6 Å². The van der Waals surface area contributed by atoms with Crippen molar-refractivity contribution in [3.05, 3.63) is 28.8 Å². The molecule has 1 aromatic carbocycles. The third kappa shape index (κ3) is 1.78. The van der Waals surface area contributed by atoms with E-state index in [4.69, 9.17) is 27.9 Å². The number of nitrogens with zero attached hydrogens (tertiary/aromatic N) is 2. The Kier molecular flexibility index (Phi) is 2.95. The third-order valence-corrected chi connectivity index (χ3v) is 4.86. The summed E-state index contributed by atoms with van der Waals surface area (Å²) in [5, 5.41) is 0.0902. The first-order valence-corrected chi connectivity index (χ1v) is 7.66. The number of alkyl halides is 1. The second-order valence-electron chi connectivity index (χ2n) is 5.46. The second-order valence-corrected chi connectivity index (χ2v) is 6.14. The zero-order valence-corrected chi connectivity index (χ0v) is 12.2. The van der Waals surface area contributed by atoms with E-state index in [9.17, 15) is 4.39 Å². The Morgan fingerprint density at radius 1 is 1.40 bits per heavy atom. The van der Waals surface area contributed by atoms with E-state index in [0.29, 0.717) is 17.5 Å². The molecule has 6 heteroatoms. The molecular weight excluding hydrogens is 302 g/mol. The molecule has 0 radical (unpaired) electrons. The molecule has 2 aromatic rings. The Hall–Kier alpha value is -0.840. The summed E-state index contributed by atoms with van der Waals surface area (Å²) < 4.78 is 21.7. The van der Waals surface area contributed by atoms with Crippen molar-refractivity contribution in [1.82, 2.24) is 9.55 Å². The van der Waals surface area contributed by atoms with Crippen LogP contribution < -0.4 is 0 Å². The highest BCUT2D eigenvalue weighted by Gasteiger charge is 2.42. The van der Waals surface area contributed by atoms with Crippen LogP contribution in [0.25, 0.3) is 11.0 Å². The first kappa shape index (κ1) is 12.9. The minimum Gasteiger partial charge on any atom is -0.373 e. The molecule has 106 valence electrons. The number of rotatable bonds is 2. The first-order chi connectivity index (χ1) is 9.67. The van der Waals surface area contributed by atoms with Crippen molar-refractivity contribution in [2.24, 2.45) is 0 Å². The molecule has 1 aromatic heterocycles. The molecule has 0 aliphatic carbocycles. The smallest absolute Gasteiger partial charge is 0.144 e. The van der Waals surface area contributed by atoms with Crippen LogP contribution in [0.15, 0.2) is 12.1 Å². The summed E-state index contributed by atoms with van der Waals surface area (Å²) in [4.78, 5) is 4.49. The van der Waals surface area contributed by atoms with Gasteiger partial charge in [-0.2, -0.15) is 0 Å². The maximum absolute atomic E-state index is 13.8. The van der Waals surface area contributed by atoms with Crippen LogP contribution in [0.3, 0.4) is 0 Å². The molecule has 2 saturated heterocycles. The SMILES string of the molecule is Fc1cc2c(cc1Cl)nc(CCl)n2C1CC2CCC1O2. The van der Waals surface area contributed by atoms with E-state index >= 15 is 0 Å². The molecule has 0 saturated carbocycles. The van der Waals surface area contributed by atoms with Crippen molar-refractivity contribution < 1.29 is 9.13 Å². The van der Waals surface area contributed by atoms with Crippen molar-refractivity contribution in [3.63, 3.8) is 0 Å². The van der Waals surface area contributed by atoms with Gasteiger partial charge in [0.25, 0.3) is 0 Å². The lowest BCUT2D eigenvalue weighted by molar-refractivity contribution is 0.0940. The third-order valence-electron chi connectivity index (χ3n) is 4.33. The van der Waals surface area contributed by atoms with E-state index in [1.54, 1.807) is 6.07 Å². The van der Waals surface area contributed by atoms with Gasteiger partial charge in [-0.15, -0.1) is 11.6 Å². The molecule has 0 N–H and O–H groups in total. The molecule has 2 aliphatic rings. The number of halogens is 3. The highest BCUT2D eigenvalue weighted by Crippen LogP contribution is 2.43. The summed E-state index contributed by atoms with van der Waals surface area (Å²) in [5.41, 5.74) is 1.44. The van der Waals surface area contributed by atoms with Crippen LogP contribution >= 0.6 is 23.2 Å². The van der Waals surface area contributed by atoms with Gasteiger partial charge in [-0.3, -0.25) is 0 Å². The van der Waals surface area contributed by atoms with E-state index in [1.165, 1.54) is 6.07 Å². The lowest BCUT2D eigenvalue weighted by Crippen LogP contribution is -2.22. The van der Waals surface area contributed by atoms with Gasteiger partial charge < -0.3 is 9.30 Å². The summed E-state index contributed by atoms with van der Waals surface area (Å²) in [7, 11) is 0. The molecule has 3 nitrogen and oxygen atoms in total. The van der Waals surface area contributed by atoms with E-state index < -0.39 is 5.82 Å². The standard InChI is InChI=1S/C14H13Cl2FN2O/c15-6-14-18-10-4-8(16)9(17)5-11(10)19(14)12-3-7-1-2-13(12)20-7/h4-5,7,12-13H,1-3,6H2. The van der Waals surface area contributed by atoms with Crippen LogP contribution in [0.1, 0.15) is 31.1 Å². The molecule has 2 fully saturated rings. The normalized spacial score (nSPS) is 28.6. The average molecular weight is 315 g/mol. The first-order valence-electron chi connectivity index (χ1n) is 6.74. The van der Waals surface area contributed by atoms with Gasteiger partial charge in [0.2, 0.25) is 0 Å². The van der Waals surface area contributed by atoms with Crippen molar-refractivity contribution in [2.45, 2.75) is 43.4 Å². The van der Waals surface area contributed by atoms with E-state index in [0.717, 1.165) is 30.6 Å². The fourth-order valence-corrected chi connectivity index (χ4v) is 3.83. The van der Waals surface area contributed by atoms with Crippen molar-refractivity contribution in [3.8, 4) is 0 Å². The van der Waals surface area contributed by atoms with Gasteiger partial charge in [0, 0.05) is 6.07 Å². The lowest BCUT2D eigenvalue weighted by Gasteiger charge is -2.22. The van der Waals surface area contributed by atoms with E-state index in [2.05, 4.69) is 4.98 Å². The Balaban J connectivity index is 1.90. The number of aromatic nitrogens is 2. The number of benzene rings is 1. The molecule has 3 atom stereocenters. The fraction of sp³-hybridized carbons (Fsp3) is 0.500. The quantitative estimate of drug-likeness (QED) is 0.782. The fourth-order valence-electron chi connectivity index (χ4n) is 3.49. The van der Waals surface area contributed by atoms with Crippen molar-refractivity contribution in [1.29, 1.82) is 0 Å². The second kappa shape index (κ2) is 4.58. The molecule has 3 unspecified atom stereocenters. The summed E-state index contributed by atoms with van der Waals surface area (Å²) in [6.07, 6.45) is 3.63. The molecule has 2 bridgehead atoms. The van der Waals surface area contributed by atoms with Gasteiger partial charge in [0.1, 0.15) is 11.6 Å². The molecule has 3 heterocycles. The predicted molar refractivity (Wildman–Crippen MR) is 75.8 cm³/mol. The predicted octanol–water partition coefficient (Wildman–Crippen LogP) is 4.06. The van der Waals surface area contributed by atoms with Crippen LogP contribution in [-0.2, 0) is 10.6 Å². The van der Waals surface area contributed by atoms with Gasteiger partial charge in [0.15, 0.2) is 0 Å². The monoisotopic (exact) mass is 314 g/mol. The van der Waals surface area contributed by atoms with Crippen LogP contribution in [0.4, 0.5) is 4.39 Å². The molecule has 0 spiro atoms. The maximum atomic E-state index is 13.8. The molecular formula is C14H13Cl2FN2O. The molecule has 20 heavy (non-hydrogen) atoms. The summed E-state index contributed by atoms with van der Waals surface area (Å²) in [5.74, 6) is 0.622. The Bertz CT molecular complexity index is 687. The van der Waals surface area contributed by atoms with Crippen LogP contribution in [-0.4, -0.2) is 21.8 Å². The summed E-state index contributed by atoms with van der Waals surface area (Å²) in [6.45, 7) is 0. The van der Waals surface area contributed by atoms with E-state index in [-0.39, 0.29) is 17.2 Å². The zero-order chi connectivity index (χ0) is 13.9. The number of hydrogen-bond donors (Lipinski definition) is 0. The topological polar surface area (TPSA) is 27.1 Å². The van der Waals surface area contributed by atoms with E-state index in [1.807, 2.05) is 4.57 Å². The van der Waals surface area contributed by atoms with Gasteiger partial charge in [-0.25, -0.2) is 9.37 Å². The minimum atomic E-state index is -0.425. The number of ether oxygens (including phenoxy) is 1. The maximum Gasteiger partial charge on any atom is 0.144 e. The zero-order valence-electron chi connectivity index (χ0n) is 10.7. The Morgan fingerprint density at radius 3 is 2.90 bits per heavy atom.